The average molecular weight is 186 g/mol. The third-order valence-electron chi connectivity index (χ3n) is 3.33. The molecular weight excluding hydrogens is 167 g/mol. The first-order valence-electron chi connectivity index (χ1n) is 5.29. The molecule has 2 aliphatic heterocycles. The molecule has 0 aliphatic carbocycles. The van der Waals surface area contributed by atoms with Gasteiger partial charge in [-0.15, -0.1) is 0 Å². The average Bonchev–Trinajstić information content (AvgIpc) is 2.42. The first kappa shape index (κ1) is 9.41. The molecule has 2 heterocycles. The monoisotopic (exact) mass is 186 g/mol. The molecule has 0 aromatic rings. The Hall–Kier alpha value is -0.150. The molecule has 0 saturated carbocycles. The molecule has 2 aliphatic rings. The Labute approximate surface area is 79.7 Å². The number of nitrogens with zero attached hydrogens (tertiary/aromatic N) is 2. The van der Waals surface area contributed by atoms with E-state index in [4.69, 9.17) is 0 Å². The summed E-state index contributed by atoms with van der Waals surface area (Å²) in [5.74, 6) is 0. The van der Waals surface area contributed by atoms with Gasteiger partial charge in [-0.25, -0.2) is 4.39 Å². The van der Waals surface area contributed by atoms with E-state index in [1.165, 1.54) is 0 Å². The second kappa shape index (κ2) is 3.54. The van der Waals surface area contributed by atoms with Crippen molar-refractivity contribution in [2.75, 3.05) is 26.2 Å². The van der Waals surface area contributed by atoms with Gasteiger partial charge in [0.05, 0.1) is 0 Å². The van der Waals surface area contributed by atoms with Crippen molar-refractivity contribution < 1.29 is 4.39 Å². The number of hydrogen-bond acceptors (Lipinski definition) is 2. The number of piperazine rings is 1. The zero-order chi connectivity index (χ0) is 9.42. The van der Waals surface area contributed by atoms with E-state index < -0.39 is 6.17 Å². The van der Waals surface area contributed by atoms with Gasteiger partial charge in [0.1, 0.15) is 6.17 Å². The number of halogens is 1. The third-order valence-corrected chi connectivity index (χ3v) is 3.33. The normalized spacial score (nSPS) is 36.9. The second-order valence-corrected chi connectivity index (χ2v) is 4.57. The SMILES string of the molecule is CC(C)N1CCN2C[C@H](F)C[C@H]2C1. The molecule has 2 saturated heterocycles. The second-order valence-electron chi connectivity index (χ2n) is 4.57. The molecule has 0 N–H and O–H groups in total. The van der Waals surface area contributed by atoms with Crippen LogP contribution in [0.3, 0.4) is 0 Å². The zero-order valence-corrected chi connectivity index (χ0v) is 8.54. The first-order valence-corrected chi connectivity index (χ1v) is 5.29. The van der Waals surface area contributed by atoms with Crippen molar-refractivity contribution in [3.63, 3.8) is 0 Å². The predicted octanol–water partition coefficient (Wildman–Crippen LogP) is 1.12. The van der Waals surface area contributed by atoms with Gasteiger partial charge in [0.2, 0.25) is 0 Å². The Morgan fingerprint density at radius 2 is 2.00 bits per heavy atom. The molecule has 0 radical (unpaired) electrons. The summed E-state index contributed by atoms with van der Waals surface area (Å²) in [5, 5.41) is 0. The van der Waals surface area contributed by atoms with Crippen LogP contribution in [0.15, 0.2) is 0 Å². The fourth-order valence-corrected chi connectivity index (χ4v) is 2.47. The maximum absolute atomic E-state index is 13.1. The van der Waals surface area contributed by atoms with Gasteiger partial charge in [-0.05, 0) is 20.3 Å². The van der Waals surface area contributed by atoms with E-state index in [-0.39, 0.29) is 0 Å². The molecular formula is C10H19FN2. The van der Waals surface area contributed by atoms with Crippen LogP contribution in [0, 0.1) is 0 Å². The Morgan fingerprint density at radius 3 is 2.69 bits per heavy atom. The van der Waals surface area contributed by atoms with Crippen molar-refractivity contribution in [3.8, 4) is 0 Å². The largest absolute Gasteiger partial charge is 0.298 e. The van der Waals surface area contributed by atoms with Crippen LogP contribution >= 0.6 is 0 Å². The molecule has 0 unspecified atom stereocenters. The maximum atomic E-state index is 13.1. The minimum Gasteiger partial charge on any atom is -0.298 e. The van der Waals surface area contributed by atoms with E-state index >= 15 is 0 Å². The Bertz CT molecular complexity index is 184. The van der Waals surface area contributed by atoms with Gasteiger partial charge in [-0.2, -0.15) is 0 Å². The third kappa shape index (κ3) is 1.86. The van der Waals surface area contributed by atoms with Crippen LogP contribution in [0.4, 0.5) is 4.39 Å². The number of fused-ring (bicyclic) bond motifs is 1. The highest BCUT2D eigenvalue weighted by molar-refractivity contribution is 4.91. The van der Waals surface area contributed by atoms with E-state index in [1.807, 2.05) is 0 Å². The molecule has 0 amide bonds. The lowest BCUT2D eigenvalue weighted by molar-refractivity contribution is 0.0823. The van der Waals surface area contributed by atoms with Gasteiger partial charge in [0.25, 0.3) is 0 Å². The topological polar surface area (TPSA) is 6.48 Å². The van der Waals surface area contributed by atoms with Gasteiger partial charge in [-0.3, -0.25) is 9.80 Å². The molecule has 0 bridgehead atoms. The minimum absolute atomic E-state index is 0.492. The van der Waals surface area contributed by atoms with E-state index in [1.54, 1.807) is 0 Å². The Balaban J connectivity index is 1.93. The van der Waals surface area contributed by atoms with Crippen molar-refractivity contribution in [1.29, 1.82) is 0 Å². The van der Waals surface area contributed by atoms with Gasteiger partial charge >= 0.3 is 0 Å². The van der Waals surface area contributed by atoms with Gasteiger partial charge in [-0.1, -0.05) is 0 Å². The van der Waals surface area contributed by atoms with Crippen LogP contribution < -0.4 is 0 Å². The van der Waals surface area contributed by atoms with Crippen molar-refractivity contribution in [3.05, 3.63) is 0 Å². The Kier molecular flexibility index (Phi) is 2.56. The lowest BCUT2D eigenvalue weighted by Gasteiger charge is -2.39. The maximum Gasteiger partial charge on any atom is 0.114 e. The van der Waals surface area contributed by atoms with Crippen LogP contribution in [0.2, 0.25) is 0 Å². The molecule has 0 spiro atoms. The molecule has 13 heavy (non-hydrogen) atoms. The van der Waals surface area contributed by atoms with E-state index in [0.29, 0.717) is 18.6 Å². The summed E-state index contributed by atoms with van der Waals surface area (Å²) in [5.41, 5.74) is 0. The summed E-state index contributed by atoms with van der Waals surface area (Å²) < 4.78 is 13.1. The summed E-state index contributed by atoms with van der Waals surface area (Å²) in [4.78, 5) is 4.77. The van der Waals surface area contributed by atoms with Gasteiger partial charge < -0.3 is 0 Å². The lowest BCUT2D eigenvalue weighted by Crippen LogP contribution is -2.52. The van der Waals surface area contributed by atoms with Crippen LogP contribution in [-0.4, -0.2) is 54.2 Å². The highest BCUT2D eigenvalue weighted by atomic mass is 19.1. The van der Waals surface area contributed by atoms with Crippen LogP contribution in [0.1, 0.15) is 20.3 Å². The fourth-order valence-electron chi connectivity index (χ4n) is 2.47. The van der Waals surface area contributed by atoms with E-state index in [2.05, 4.69) is 23.6 Å². The van der Waals surface area contributed by atoms with Crippen molar-refractivity contribution in [2.24, 2.45) is 0 Å². The molecule has 0 aromatic carbocycles. The zero-order valence-electron chi connectivity index (χ0n) is 8.54. The highest BCUT2D eigenvalue weighted by Crippen LogP contribution is 2.24. The molecule has 0 aromatic heterocycles. The van der Waals surface area contributed by atoms with E-state index in [9.17, 15) is 4.39 Å². The van der Waals surface area contributed by atoms with Crippen LogP contribution in [0.5, 0.6) is 0 Å². The van der Waals surface area contributed by atoms with Crippen LogP contribution in [-0.2, 0) is 0 Å². The quantitative estimate of drug-likeness (QED) is 0.605. The fraction of sp³-hybridized carbons (Fsp3) is 1.00. The number of hydrogen-bond donors (Lipinski definition) is 0. The summed E-state index contributed by atoms with van der Waals surface area (Å²) in [6.45, 7) is 8.36. The molecule has 76 valence electrons. The Morgan fingerprint density at radius 1 is 1.23 bits per heavy atom. The molecule has 2 rings (SSSR count). The van der Waals surface area contributed by atoms with Gasteiger partial charge in [0.15, 0.2) is 0 Å². The highest BCUT2D eigenvalue weighted by Gasteiger charge is 2.36. The van der Waals surface area contributed by atoms with Crippen molar-refractivity contribution in [1.82, 2.24) is 9.80 Å². The molecule has 2 nitrogen and oxygen atoms in total. The first-order chi connectivity index (χ1) is 6.16. The smallest absolute Gasteiger partial charge is 0.114 e. The molecule has 3 heteroatoms. The van der Waals surface area contributed by atoms with Gasteiger partial charge in [0, 0.05) is 38.3 Å². The molecule has 2 fully saturated rings. The number of alkyl halides is 1. The number of rotatable bonds is 1. The summed E-state index contributed by atoms with van der Waals surface area (Å²) >= 11 is 0. The summed E-state index contributed by atoms with van der Waals surface area (Å²) in [6.07, 6.45) is 0.181. The predicted molar refractivity (Wildman–Crippen MR) is 51.6 cm³/mol. The standard InChI is InChI=1S/C10H19FN2/c1-8(2)12-3-4-13-6-9(11)5-10(13)7-12/h8-10H,3-7H2,1-2H3/t9-,10+/m1/s1. The van der Waals surface area contributed by atoms with Crippen molar-refractivity contribution in [2.45, 2.75) is 38.5 Å². The lowest BCUT2D eigenvalue weighted by atomic mass is 10.1. The summed E-state index contributed by atoms with van der Waals surface area (Å²) in [7, 11) is 0. The van der Waals surface area contributed by atoms with Crippen LogP contribution in [0.25, 0.3) is 0 Å². The van der Waals surface area contributed by atoms with E-state index in [0.717, 1.165) is 26.1 Å². The van der Waals surface area contributed by atoms with Crippen molar-refractivity contribution >= 4 is 0 Å². The molecule has 2 atom stereocenters. The summed E-state index contributed by atoms with van der Waals surface area (Å²) in [6, 6.07) is 1.10. The minimum atomic E-state index is -0.572.